The van der Waals surface area contributed by atoms with Crippen LogP contribution in [0.1, 0.15) is 27.2 Å². The van der Waals surface area contributed by atoms with Crippen LogP contribution in [0.25, 0.3) is 0 Å². The summed E-state index contributed by atoms with van der Waals surface area (Å²) in [4.78, 5) is 14.3. The van der Waals surface area contributed by atoms with Crippen LogP contribution in [0.2, 0.25) is 0 Å². The lowest BCUT2D eigenvalue weighted by atomic mass is 9.93. The maximum atomic E-state index is 12.0. The van der Waals surface area contributed by atoms with Gasteiger partial charge in [0.2, 0.25) is 5.91 Å². The topological polar surface area (TPSA) is 44.4 Å². The quantitative estimate of drug-likeness (QED) is 0.732. The number of amides is 1. The van der Waals surface area contributed by atoms with E-state index >= 15 is 0 Å². The molecule has 4 heteroatoms. The van der Waals surface area contributed by atoms with Crippen LogP contribution in [0.4, 0.5) is 0 Å². The van der Waals surface area contributed by atoms with Crippen LogP contribution in [-0.4, -0.2) is 50.1 Å². The molecule has 1 saturated heterocycles. The maximum absolute atomic E-state index is 12.0. The van der Waals surface area contributed by atoms with Gasteiger partial charge in [-0.05, 0) is 32.0 Å². The van der Waals surface area contributed by atoms with Crippen molar-refractivity contribution in [3.63, 3.8) is 0 Å². The largest absolute Gasteiger partial charge is 0.354 e. The van der Waals surface area contributed by atoms with Crippen molar-refractivity contribution < 1.29 is 4.79 Å². The zero-order chi connectivity index (χ0) is 12.2. The van der Waals surface area contributed by atoms with Gasteiger partial charge in [0.15, 0.2) is 0 Å². The molecule has 94 valence electrons. The summed E-state index contributed by atoms with van der Waals surface area (Å²) in [5, 5.41) is 6.16. The summed E-state index contributed by atoms with van der Waals surface area (Å²) < 4.78 is 0. The molecule has 0 aromatic carbocycles. The number of nitrogens with one attached hydrogen (secondary N) is 2. The van der Waals surface area contributed by atoms with Gasteiger partial charge in [-0.25, -0.2) is 0 Å². The first-order valence-corrected chi connectivity index (χ1v) is 6.16. The van der Waals surface area contributed by atoms with Gasteiger partial charge >= 0.3 is 0 Å². The number of hydrogen-bond acceptors (Lipinski definition) is 3. The molecule has 0 saturated carbocycles. The third kappa shape index (κ3) is 3.46. The molecule has 1 unspecified atom stereocenters. The Morgan fingerprint density at radius 3 is 2.81 bits per heavy atom. The van der Waals surface area contributed by atoms with Gasteiger partial charge in [0.1, 0.15) is 0 Å². The van der Waals surface area contributed by atoms with Gasteiger partial charge in [0.25, 0.3) is 0 Å². The van der Waals surface area contributed by atoms with Gasteiger partial charge in [0, 0.05) is 13.1 Å². The molecule has 1 rings (SSSR count). The van der Waals surface area contributed by atoms with Gasteiger partial charge in [-0.3, -0.25) is 9.69 Å². The van der Waals surface area contributed by atoms with Gasteiger partial charge in [-0.2, -0.15) is 0 Å². The number of rotatable bonds is 4. The average molecular weight is 227 g/mol. The molecule has 1 fully saturated rings. The average Bonchev–Trinajstić information content (AvgIpc) is 2.34. The van der Waals surface area contributed by atoms with Crippen molar-refractivity contribution in [1.29, 1.82) is 0 Å². The maximum Gasteiger partial charge on any atom is 0.237 e. The van der Waals surface area contributed by atoms with Gasteiger partial charge < -0.3 is 10.6 Å². The number of likely N-dealkylation sites (N-methyl/N-ethyl adjacent to an activating group) is 1. The lowest BCUT2D eigenvalue weighted by molar-refractivity contribution is -0.125. The summed E-state index contributed by atoms with van der Waals surface area (Å²) in [5.74, 6) is 0.183. The second-order valence-corrected chi connectivity index (χ2v) is 5.35. The van der Waals surface area contributed by atoms with E-state index in [-0.39, 0.29) is 17.4 Å². The summed E-state index contributed by atoms with van der Waals surface area (Å²) >= 11 is 0. The molecular formula is C12H25N3O. The number of nitrogens with zero attached hydrogens (tertiary/aromatic N) is 1. The molecule has 2 N–H and O–H groups in total. The fourth-order valence-electron chi connectivity index (χ4n) is 2.25. The van der Waals surface area contributed by atoms with Crippen LogP contribution in [0, 0.1) is 5.41 Å². The number of hydrogen-bond donors (Lipinski definition) is 2. The molecule has 0 spiro atoms. The molecule has 1 heterocycles. The molecule has 1 aliphatic heterocycles. The van der Waals surface area contributed by atoms with Crippen LogP contribution in [0.3, 0.4) is 0 Å². The van der Waals surface area contributed by atoms with Crippen molar-refractivity contribution in [2.24, 2.45) is 5.41 Å². The Kier molecular flexibility index (Phi) is 4.74. The fourth-order valence-corrected chi connectivity index (χ4v) is 2.25. The Balaban J connectivity index is 2.73. The fraction of sp³-hybridized carbons (Fsp3) is 0.917. The second-order valence-electron chi connectivity index (χ2n) is 5.35. The molecule has 1 amide bonds. The van der Waals surface area contributed by atoms with E-state index in [2.05, 4.69) is 36.3 Å². The van der Waals surface area contributed by atoms with Crippen LogP contribution < -0.4 is 10.6 Å². The van der Waals surface area contributed by atoms with E-state index in [4.69, 9.17) is 0 Å². The molecule has 0 radical (unpaired) electrons. The van der Waals surface area contributed by atoms with Gasteiger partial charge in [-0.1, -0.05) is 20.8 Å². The Bertz CT molecular complexity index is 240. The molecule has 0 bridgehead atoms. The van der Waals surface area contributed by atoms with E-state index in [0.717, 1.165) is 32.6 Å². The van der Waals surface area contributed by atoms with Gasteiger partial charge in [-0.15, -0.1) is 0 Å². The van der Waals surface area contributed by atoms with Crippen molar-refractivity contribution in [3.8, 4) is 0 Å². The Morgan fingerprint density at radius 1 is 1.56 bits per heavy atom. The molecule has 1 aliphatic rings. The standard InChI is InChI=1S/C12H25N3O/c1-5-15-9-12(2,3)8-14-11(16)10(15)6-7-13-4/h10,13H,5-9H2,1-4H3,(H,14,16). The summed E-state index contributed by atoms with van der Waals surface area (Å²) in [6, 6.07) is 0.0271. The van der Waals surface area contributed by atoms with Crippen LogP contribution in [0.5, 0.6) is 0 Å². The summed E-state index contributed by atoms with van der Waals surface area (Å²) in [6.07, 6.45) is 0.881. The second kappa shape index (κ2) is 5.64. The van der Waals surface area contributed by atoms with E-state index in [1.54, 1.807) is 0 Å². The predicted molar refractivity (Wildman–Crippen MR) is 66.4 cm³/mol. The summed E-state index contributed by atoms with van der Waals surface area (Å²) in [6.45, 7) is 10.1. The molecule has 16 heavy (non-hydrogen) atoms. The van der Waals surface area contributed by atoms with E-state index in [9.17, 15) is 4.79 Å². The highest BCUT2D eigenvalue weighted by molar-refractivity contribution is 5.82. The van der Waals surface area contributed by atoms with E-state index in [1.807, 2.05) is 7.05 Å². The lowest BCUT2D eigenvalue weighted by Gasteiger charge is -2.31. The Morgan fingerprint density at radius 2 is 2.25 bits per heavy atom. The van der Waals surface area contributed by atoms with Crippen molar-refractivity contribution >= 4 is 5.91 Å². The van der Waals surface area contributed by atoms with E-state index < -0.39 is 0 Å². The smallest absolute Gasteiger partial charge is 0.237 e. The first-order chi connectivity index (χ1) is 7.50. The molecule has 4 nitrogen and oxygen atoms in total. The third-order valence-electron chi connectivity index (χ3n) is 3.19. The molecule has 1 atom stereocenters. The monoisotopic (exact) mass is 227 g/mol. The van der Waals surface area contributed by atoms with Crippen LogP contribution >= 0.6 is 0 Å². The molecule has 0 aromatic rings. The highest BCUT2D eigenvalue weighted by Gasteiger charge is 2.33. The van der Waals surface area contributed by atoms with E-state index in [0.29, 0.717) is 0 Å². The third-order valence-corrected chi connectivity index (χ3v) is 3.19. The molecule has 0 aromatic heterocycles. The first kappa shape index (κ1) is 13.5. The normalized spacial score (nSPS) is 26.2. The van der Waals surface area contributed by atoms with Crippen LogP contribution in [-0.2, 0) is 4.79 Å². The van der Waals surface area contributed by atoms with Crippen LogP contribution in [0.15, 0.2) is 0 Å². The van der Waals surface area contributed by atoms with Crippen molar-refractivity contribution in [3.05, 3.63) is 0 Å². The Hall–Kier alpha value is -0.610. The highest BCUT2D eigenvalue weighted by Crippen LogP contribution is 2.21. The molecular weight excluding hydrogens is 202 g/mol. The minimum atomic E-state index is 0.0271. The zero-order valence-corrected chi connectivity index (χ0v) is 11.0. The lowest BCUT2D eigenvalue weighted by Crippen LogP contribution is -2.45. The minimum Gasteiger partial charge on any atom is -0.354 e. The van der Waals surface area contributed by atoms with Crippen molar-refractivity contribution in [1.82, 2.24) is 15.5 Å². The number of carbonyl (C=O) groups is 1. The Labute approximate surface area is 98.8 Å². The minimum absolute atomic E-state index is 0.0271. The predicted octanol–water partition coefficient (Wildman–Crippen LogP) is 0.442. The van der Waals surface area contributed by atoms with E-state index in [1.165, 1.54) is 0 Å². The van der Waals surface area contributed by atoms with Crippen molar-refractivity contribution in [2.75, 3.05) is 33.2 Å². The van der Waals surface area contributed by atoms with Crippen molar-refractivity contribution in [2.45, 2.75) is 33.2 Å². The SMILES string of the molecule is CCN1CC(C)(C)CNC(=O)C1CCNC. The molecule has 0 aliphatic carbocycles. The summed E-state index contributed by atoms with van der Waals surface area (Å²) in [5.41, 5.74) is 0.167. The summed E-state index contributed by atoms with van der Waals surface area (Å²) in [7, 11) is 1.93. The zero-order valence-electron chi connectivity index (χ0n) is 11.0. The highest BCUT2D eigenvalue weighted by atomic mass is 16.2. The first-order valence-electron chi connectivity index (χ1n) is 6.16. The van der Waals surface area contributed by atoms with Gasteiger partial charge in [0.05, 0.1) is 6.04 Å². The number of carbonyl (C=O) groups excluding carboxylic acids is 1.